The number of rotatable bonds is 5. The van der Waals surface area contributed by atoms with Gasteiger partial charge in [0.25, 0.3) is 5.91 Å². The van der Waals surface area contributed by atoms with Crippen molar-refractivity contribution in [3.63, 3.8) is 0 Å². The highest BCUT2D eigenvalue weighted by molar-refractivity contribution is 6.32. The molecule has 0 heterocycles. The van der Waals surface area contributed by atoms with E-state index in [1.165, 1.54) is 6.92 Å². The molecule has 0 spiro atoms. The van der Waals surface area contributed by atoms with Gasteiger partial charge in [-0.1, -0.05) is 17.7 Å². The quantitative estimate of drug-likeness (QED) is 0.859. The van der Waals surface area contributed by atoms with Crippen molar-refractivity contribution in [1.82, 2.24) is 0 Å². The van der Waals surface area contributed by atoms with Crippen LogP contribution in [0.1, 0.15) is 19.4 Å². The summed E-state index contributed by atoms with van der Waals surface area (Å²) in [7, 11) is 0. The molecule has 0 saturated carbocycles. The van der Waals surface area contributed by atoms with Crippen LogP contribution in [0.3, 0.4) is 0 Å². The van der Waals surface area contributed by atoms with E-state index in [4.69, 9.17) is 16.3 Å². The van der Waals surface area contributed by atoms with Crippen molar-refractivity contribution in [3.05, 3.63) is 53.1 Å². The van der Waals surface area contributed by atoms with E-state index in [0.29, 0.717) is 22.1 Å². The number of anilines is 2. The summed E-state index contributed by atoms with van der Waals surface area (Å²) >= 11 is 6.07. The molecule has 0 aliphatic heterocycles. The number of carbonyl (C=O) groups excluding carboxylic acids is 2. The van der Waals surface area contributed by atoms with E-state index in [9.17, 15) is 9.59 Å². The lowest BCUT2D eigenvalue weighted by molar-refractivity contribution is -0.122. The van der Waals surface area contributed by atoms with E-state index in [0.717, 1.165) is 5.56 Å². The van der Waals surface area contributed by atoms with Gasteiger partial charge < -0.3 is 15.4 Å². The van der Waals surface area contributed by atoms with Crippen LogP contribution in [0.2, 0.25) is 5.02 Å². The number of benzene rings is 2. The summed E-state index contributed by atoms with van der Waals surface area (Å²) in [5.74, 6) is 0.0315. The zero-order valence-electron chi connectivity index (χ0n) is 13.7. The molecule has 2 amide bonds. The van der Waals surface area contributed by atoms with Crippen molar-refractivity contribution >= 4 is 34.8 Å². The van der Waals surface area contributed by atoms with Crippen LogP contribution in [0.4, 0.5) is 11.4 Å². The minimum Gasteiger partial charge on any atom is -0.479 e. The maximum atomic E-state index is 12.2. The van der Waals surface area contributed by atoms with Crippen LogP contribution >= 0.6 is 11.6 Å². The Hall–Kier alpha value is -2.53. The van der Waals surface area contributed by atoms with Gasteiger partial charge in [0.2, 0.25) is 5.91 Å². The topological polar surface area (TPSA) is 67.4 Å². The third-order valence-corrected chi connectivity index (χ3v) is 3.54. The van der Waals surface area contributed by atoms with Gasteiger partial charge in [0.15, 0.2) is 6.10 Å². The summed E-state index contributed by atoms with van der Waals surface area (Å²) < 4.78 is 5.64. The maximum absolute atomic E-state index is 12.2. The highest BCUT2D eigenvalue weighted by Gasteiger charge is 2.16. The Bertz CT molecular complexity index is 744. The lowest BCUT2D eigenvalue weighted by Crippen LogP contribution is -2.30. The first-order valence-corrected chi connectivity index (χ1v) is 7.84. The summed E-state index contributed by atoms with van der Waals surface area (Å²) in [5.41, 5.74) is 2.27. The van der Waals surface area contributed by atoms with Crippen molar-refractivity contribution in [2.24, 2.45) is 0 Å². The van der Waals surface area contributed by atoms with Gasteiger partial charge in [-0.2, -0.15) is 0 Å². The van der Waals surface area contributed by atoms with Crippen LogP contribution in [0.15, 0.2) is 42.5 Å². The monoisotopic (exact) mass is 346 g/mol. The second kappa shape index (κ2) is 7.84. The summed E-state index contributed by atoms with van der Waals surface area (Å²) in [5, 5.41) is 5.88. The number of hydrogen-bond acceptors (Lipinski definition) is 3. The second-order valence-electron chi connectivity index (χ2n) is 5.44. The third-order valence-electron chi connectivity index (χ3n) is 3.23. The van der Waals surface area contributed by atoms with Crippen LogP contribution in [0.5, 0.6) is 5.75 Å². The lowest BCUT2D eigenvalue weighted by Gasteiger charge is -2.16. The molecule has 2 rings (SSSR count). The standard InChI is InChI=1S/C18H19ClN2O3/c1-11-4-9-16(19)17(10-11)24-12(2)18(23)21-15-7-5-14(6-8-15)20-13(3)22/h4-10,12H,1-3H3,(H,20,22)(H,21,23). The summed E-state index contributed by atoms with van der Waals surface area (Å²) in [6.07, 6.45) is -0.709. The average molecular weight is 347 g/mol. The second-order valence-corrected chi connectivity index (χ2v) is 5.85. The van der Waals surface area contributed by atoms with Crippen molar-refractivity contribution in [2.45, 2.75) is 26.9 Å². The highest BCUT2D eigenvalue weighted by atomic mass is 35.5. The predicted octanol–water partition coefficient (Wildman–Crippen LogP) is 4.01. The number of hydrogen-bond donors (Lipinski definition) is 2. The molecule has 0 radical (unpaired) electrons. The first kappa shape index (κ1) is 17.8. The van der Waals surface area contributed by atoms with Crippen molar-refractivity contribution < 1.29 is 14.3 Å². The minimum atomic E-state index is -0.709. The molecule has 0 aliphatic carbocycles. The summed E-state index contributed by atoms with van der Waals surface area (Å²) in [6, 6.07) is 12.2. The number of carbonyl (C=O) groups is 2. The summed E-state index contributed by atoms with van der Waals surface area (Å²) in [4.78, 5) is 23.2. The Morgan fingerprint density at radius 3 is 2.21 bits per heavy atom. The molecular weight excluding hydrogens is 328 g/mol. The molecule has 0 saturated heterocycles. The fourth-order valence-electron chi connectivity index (χ4n) is 2.03. The zero-order chi connectivity index (χ0) is 17.7. The fraction of sp³-hybridized carbons (Fsp3) is 0.222. The molecule has 2 aromatic rings. The maximum Gasteiger partial charge on any atom is 0.265 e. The largest absolute Gasteiger partial charge is 0.479 e. The van der Waals surface area contributed by atoms with E-state index < -0.39 is 6.10 Å². The van der Waals surface area contributed by atoms with Crippen molar-refractivity contribution in [1.29, 1.82) is 0 Å². The van der Waals surface area contributed by atoms with Gasteiger partial charge in [-0.3, -0.25) is 9.59 Å². The normalized spacial score (nSPS) is 11.5. The first-order chi connectivity index (χ1) is 11.3. The fourth-order valence-corrected chi connectivity index (χ4v) is 2.19. The Morgan fingerprint density at radius 2 is 1.62 bits per heavy atom. The first-order valence-electron chi connectivity index (χ1n) is 7.46. The molecule has 6 heteroatoms. The van der Waals surface area contributed by atoms with Crippen molar-refractivity contribution in [2.75, 3.05) is 10.6 Å². The molecule has 2 N–H and O–H groups in total. The zero-order valence-corrected chi connectivity index (χ0v) is 14.5. The molecule has 2 aromatic carbocycles. The van der Waals surface area contributed by atoms with Gasteiger partial charge in [0, 0.05) is 18.3 Å². The van der Waals surface area contributed by atoms with E-state index in [-0.39, 0.29) is 11.8 Å². The molecule has 1 atom stereocenters. The van der Waals surface area contributed by atoms with E-state index >= 15 is 0 Å². The van der Waals surface area contributed by atoms with Gasteiger partial charge in [-0.15, -0.1) is 0 Å². The SMILES string of the molecule is CC(=O)Nc1ccc(NC(=O)C(C)Oc2cc(C)ccc2Cl)cc1. The Kier molecular flexibility index (Phi) is 5.82. The number of aryl methyl sites for hydroxylation is 1. The number of halogens is 1. The Morgan fingerprint density at radius 1 is 1.04 bits per heavy atom. The minimum absolute atomic E-state index is 0.149. The van der Waals surface area contributed by atoms with Gasteiger partial charge in [0.1, 0.15) is 5.75 Å². The molecule has 1 unspecified atom stereocenters. The van der Waals surface area contributed by atoms with E-state index in [2.05, 4.69) is 10.6 Å². The molecule has 0 aromatic heterocycles. The molecule has 0 bridgehead atoms. The molecule has 0 fully saturated rings. The smallest absolute Gasteiger partial charge is 0.265 e. The predicted molar refractivity (Wildman–Crippen MR) is 95.7 cm³/mol. The molecule has 24 heavy (non-hydrogen) atoms. The van der Waals surface area contributed by atoms with Crippen LogP contribution in [0.25, 0.3) is 0 Å². The molecule has 126 valence electrons. The number of ether oxygens (including phenoxy) is 1. The van der Waals surface area contributed by atoms with Gasteiger partial charge in [-0.05, 0) is 55.8 Å². The molecular formula is C18H19ClN2O3. The van der Waals surface area contributed by atoms with Gasteiger partial charge in [0.05, 0.1) is 5.02 Å². The Labute approximate surface area is 146 Å². The molecule has 5 nitrogen and oxygen atoms in total. The Balaban J connectivity index is 1.98. The average Bonchev–Trinajstić information content (AvgIpc) is 2.52. The van der Waals surface area contributed by atoms with Crippen LogP contribution in [-0.2, 0) is 9.59 Å². The summed E-state index contributed by atoms with van der Waals surface area (Å²) in [6.45, 7) is 5.01. The van der Waals surface area contributed by atoms with E-state index in [1.54, 1.807) is 43.3 Å². The van der Waals surface area contributed by atoms with Crippen LogP contribution in [-0.4, -0.2) is 17.9 Å². The highest BCUT2D eigenvalue weighted by Crippen LogP contribution is 2.26. The number of nitrogens with one attached hydrogen (secondary N) is 2. The number of amides is 2. The van der Waals surface area contributed by atoms with Crippen LogP contribution in [0, 0.1) is 6.92 Å². The van der Waals surface area contributed by atoms with Gasteiger partial charge in [-0.25, -0.2) is 0 Å². The third kappa shape index (κ3) is 4.99. The van der Waals surface area contributed by atoms with E-state index in [1.807, 2.05) is 13.0 Å². The molecule has 0 aliphatic rings. The van der Waals surface area contributed by atoms with Crippen molar-refractivity contribution in [3.8, 4) is 5.75 Å². The van der Waals surface area contributed by atoms with Gasteiger partial charge >= 0.3 is 0 Å². The lowest BCUT2D eigenvalue weighted by atomic mass is 10.2. The van der Waals surface area contributed by atoms with Crippen LogP contribution < -0.4 is 15.4 Å².